The number of hydrogen-bond donors (Lipinski definition) is 1. The normalized spacial score (nSPS) is 11.2. The first kappa shape index (κ1) is 13.4. The highest BCUT2D eigenvalue weighted by Gasteiger charge is 2.06. The Kier molecular flexibility index (Phi) is 3.71. The van der Waals surface area contributed by atoms with Gasteiger partial charge in [-0.25, -0.2) is 13.4 Å². The Morgan fingerprint density at radius 1 is 1.21 bits per heavy atom. The predicted octanol–water partition coefficient (Wildman–Crippen LogP) is 1.65. The van der Waals surface area contributed by atoms with Crippen molar-refractivity contribution in [1.29, 1.82) is 0 Å². The number of ether oxygens (including phenoxy) is 1. The molecule has 0 aliphatic rings. The molecule has 2 aromatic rings. The van der Waals surface area contributed by atoms with E-state index in [2.05, 4.69) is 4.98 Å². The molecule has 19 heavy (non-hydrogen) atoms. The Hall–Kier alpha value is -2.08. The number of pyridine rings is 1. The van der Waals surface area contributed by atoms with Crippen molar-refractivity contribution in [3.05, 3.63) is 48.2 Å². The van der Waals surface area contributed by atoms with Crippen molar-refractivity contribution in [2.75, 3.05) is 12.0 Å². The molecule has 0 radical (unpaired) electrons. The molecule has 0 spiro atoms. The summed E-state index contributed by atoms with van der Waals surface area (Å²) in [4.78, 5) is 4.16. The zero-order valence-electron chi connectivity index (χ0n) is 10.4. The van der Waals surface area contributed by atoms with Crippen LogP contribution in [0.3, 0.4) is 0 Å². The summed E-state index contributed by atoms with van der Waals surface area (Å²) >= 11 is 0. The number of nitrogen functional groups attached to an aromatic ring is 1. The van der Waals surface area contributed by atoms with Gasteiger partial charge in [0.1, 0.15) is 18.2 Å². The molecule has 100 valence electrons. The predicted molar refractivity (Wildman–Crippen MR) is 72.5 cm³/mol. The Labute approximate surface area is 112 Å². The maximum Gasteiger partial charge on any atom is 0.175 e. The van der Waals surface area contributed by atoms with E-state index in [-0.39, 0.29) is 4.90 Å². The summed E-state index contributed by atoms with van der Waals surface area (Å²) in [5.74, 6) is 1.04. The van der Waals surface area contributed by atoms with Gasteiger partial charge >= 0.3 is 0 Å². The van der Waals surface area contributed by atoms with Gasteiger partial charge in [0.15, 0.2) is 9.84 Å². The number of rotatable bonds is 4. The average molecular weight is 278 g/mol. The molecule has 1 aromatic carbocycles. The minimum absolute atomic E-state index is 0.271. The summed E-state index contributed by atoms with van der Waals surface area (Å²) in [6, 6.07) is 9.82. The Bertz CT molecular complexity index is 667. The number of sulfone groups is 1. The van der Waals surface area contributed by atoms with Crippen LogP contribution >= 0.6 is 0 Å². The van der Waals surface area contributed by atoms with Crippen molar-refractivity contribution in [2.24, 2.45) is 0 Å². The van der Waals surface area contributed by atoms with Gasteiger partial charge in [0.25, 0.3) is 0 Å². The first-order chi connectivity index (χ1) is 8.95. The largest absolute Gasteiger partial charge is 0.489 e. The van der Waals surface area contributed by atoms with Crippen molar-refractivity contribution < 1.29 is 13.2 Å². The van der Waals surface area contributed by atoms with E-state index >= 15 is 0 Å². The van der Waals surface area contributed by atoms with Gasteiger partial charge in [0, 0.05) is 12.5 Å². The van der Waals surface area contributed by atoms with E-state index in [9.17, 15) is 8.42 Å². The lowest BCUT2D eigenvalue weighted by molar-refractivity contribution is 0.306. The SMILES string of the molecule is CS(=O)(=O)c1ccc(OCc2ccnc(N)c2)cc1. The number of aromatic nitrogens is 1. The third-order valence-corrected chi connectivity index (χ3v) is 3.63. The van der Waals surface area contributed by atoms with Crippen molar-refractivity contribution in [1.82, 2.24) is 4.98 Å². The molecule has 2 rings (SSSR count). The number of benzene rings is 1. The molecule has 6 heteroatoms. The fraction of sp³-hybridized carbons (Fsp3) is 0.154. The number of hydrogen-bond acceptors (Lipinski definition) is 5. The number of nitrogens with zero attached hydrogens (tertiary/aromatic N) is 1. The molecule has 1 heterocycles. The van der Waals surface area contributed by atoms with Crippen molar-refractivity contribution in [3.8, 4) is 5.75 Å². The zero-order valence-corrected chi connectivity index (χ0v) is 11.2. The second kappa shape index (κ2) is 5.27. The van der Waals surface area contributed by atoms with Crippen molar-refractivity contribution in [2.45, 2.75) is 11.5 Å². The molecular formula is C13H14N2O3S. The molecule has 0 fully saturated rings. The molecule has 2 N–H and O–H groups in total. The quantitative estimate of drug-likeness (QED) is 0.919. The highest BCUT2D eigenvalue weighted by atomic mass is 32.2. The Morgan fingerprint density at radius 3 is 2.47 bits per heavy atom. The Balaban J connectivity index is 2.05. The van der Waals surface area contributed by atoms with E-state index in [1.165, 1.54) is 18.4 Å². The summed E-state index contributed by atoms with van der Waals surface area (Å²) in [5.41, 5.74) is 6.46. The summed E-state index contributed by atoms with van der Waals surface area (Å²) in [7, 11) is -3.17. The number of anilines is 1. The van der Waals surface area contributed by atoms with Crippen LogP contribution in [-0.2, 0) is 16.4 Å². The van der Waals surface area contributed by atoms with Crippen LogP contribution in [0.15, 0.2) is 47.5 Å². The van der Waals surface area contributed by atoms with Gasteiger partial charge in [-0.2, -0.15) is 0 Å². The first-order valence-electron chi connectivity index (χ1n) is 5.58. The van der Waals surface area contributed by atoms with Crippen LogP contribution in [0.25, 0.3) is 0 Å². The van der Waals surface area contributed by atoms with Crippen LogP contribution in [0.4, 0.5) is 5.82 Å². The highest BCUT2D eigenvalue weighted by molar-refractivity contribution is 7.90. The van der Waals surface area contributed by atoms with Crippen LogP contribution < -0.4 is 10.5 Å². The van der Waals surface area contributed by atoms with Gasteiger partial charge in [-0.1, -0.05) is 0 Å². The fourth-order valence-electron chi connectivity index (χ4n) is 1.53. The lowest BCUT2D eigenvalue weighted by Gasteiger charge is -2.07. The topological polar surface area (TPSA) is 82.3 Å². The van der Waals surface area contributed by atoms with Crippen molar-refractivity contribution in [3.63, 3.8) is 0 Å². The lowest BCUT2D eigenvalue weighted by atomic mass is 10.3. The van der Waals surface area contributed by atoms with Gasteiger partial charge in [-0.15, -0.1) is 0 Å². The fourth-order valence-corrected chi connectivity index (χ4v) is 2.16. The molecule has 0 bridgehead atoms. The van der Waals surface area contributed by atoms with E-state index in [0.29, 0.717) is 18.2 Å². The van der Waals surface area contributed by atoms with Crippen LogP contribution in [0.2, 0.25) is 0 Å². The average Bonchev–Trinajstić information content (AvgIpc) is 2.36. The highest BCUT2D eigenvalue weighted by Crippen LogP contribution is 2.17. The summed E-state index contributed by atoms with van der Waals surface area (Å²) in [5, 5.41) is 0. The molecule has 0 saturated carbocycles. The molecule has 0 unspecified atom stereocenters. The maximum absolute atomic E-state index is 11.3. The maximum atomic E-state index is 11.3. The van der Waals surface area contributed by atoms with E-state index in [1.54, 1.807) is 30.5 Å². The van der Waals surface area contributed by atoms with E-state index < -0.39 is 9.84 Å². The molecule has 1 aromatic heterocycles. The van der Waals surface area contributed by atoms with Crippen molar-refractivity contribution >= 4 is 15.7 Å². The van der Waals surface area contributed by atoms with Crippen LogP contribution in [-0.4, -0.2) is 19.7 Å². The Morgan fingerprint density at radius 2 is 1.89 bits per heavy atom. The molecule has 0 aliphatic carbocycles. The molecule has 5 nitrogen and oxygen atoms in total. The van der Waals surface area contributed by atoms with Gasteiger partial charge in [-0.3, -0.25) is 0 Å². The monoisotopic (exact) mass is 278 g/mol. The summed E-state index contributed by atoms with van der Waals surface area (Å²) in [6.45, 7) is 0.352. The molecule has 0 aliphatic heterocycles. The number of nitrogens with two attached hydrogens (primary N) is 1. The minimum Gasteiger partial charge on any atom is -0.489 e. The second-order valence-electron chi connectivity index (χ2n) is 4.12. The smallest absolute Gasteiger partial charge is 0.175 e. The lowest BCUT2D eigenvalue weighted by Crippen LogP contribution is -1.99. The molecule has 0 atom stereocenters. The standard InChI is InChI=1S/C13H14N2O3S/c1-19(16,17)12-4-2-11(3-5-12)18-9-10-6-7-15-13(14)8-10/h2-8H,9H2,1H3,(H2,14,15). The van der Waals surface area contributed by atoms with E-state index in [0.717, 1.165) is 5.56 Å². The molecule has 0 saturated heterocycles. The second-order valence-corrected chi connectivity index (χ2v) is 6.14. The van der Waals surface area contributed by atoms with Gasteiger partial charge in [-0.05, 0) is 42.0 Å². The summed E-state index contributed by atoms with van der Waals surface area (Å²) < 4.78 is 28.1. The van der Waals surface area contributed by atoms with Crippen LogP contribution in [0.1, 0.15) is 5.56 Å². The van der Waals surface area contributed by atoms with E-state index in [1.807, 2.05) is 0 Å². The zero-order chi connectivity index (χ0) is 13.9. The van der Waals surface area contributed by atoms with Gasteiger partial charge in [0.2, 0.25) is 0 Å². The van der Waals surface area contributed by atoms with Crippen LogP contribution in [0.5, 0.6) is 5.75 Å². The van der Waals surface area contributed by atoms with E-state index in [4.69, 9.17) is 10.5 Å². The minimum atomic E-state index is -3.17. The first-order valence-corrected chi connectivity index (χ1v) is 7.47. The molecular weight excluding hydrogens is 264 g/mol. The van der Waals surface area contributed by atoms with Gasteiger partial charge < -0.3 is 10.5 Å². The van der Waals surface area contributed by atoms with Crippen LogP contribution in [0, 0.1) is 0 Å². The van der Waals surface area contributed by atoms with Gasteiger partial charge in [0.05, 0.1) is 4.90 Å². The third-order valence-electron chi connectivity index (χ3n) is 2.50. The summed E-state index contributed by atoms with van der Waals surface area (Å²) in [6.07, 6.45) is 2.78. The molecule has 0 amide bonds. The third kappa shape index (κ3) is 3.69.